The van der Waals surface area contributed by atoms with Gasteiger partial charge in [0.2, 0.25) is 0 Å². The number of nitrogens with one attached hydrogen (secondary N) is 3. The van der Waals surface area contributed by atoms with Crippen LogP contribution in [0.4, 0.5) is 0 Å². The topological polar surface area (TPSA) is 109 Å². The highest BCUT2D eigenvalue weighted by atomic mass is 16.2. The van der Waals surface area contributed by atoms with E-state index in [2.05, 4.69) is 20.6 Å². The molecule has 152 valence electrons. The first-order chi connectivity index (χ1) is 13.4. The maximum atomic E-state index is 13.0. The summed E-state index contributed by atoms with van der Waals surface area (Å²) in [6.07, 6.45) is 2.88. The Morgan fingerprint density at radius 1 is 1.39 bits per heavy atom. The van der Waals surface area contributed by atoms with Gasteiger partial charge in [-0.3, -0.25) is 19.1 Å². The van der Waals surface area contributed by atoms with Crippen LogP contribution >= 0.6 is 0 Å². The number of hydrogen-bond donors (Lipinski definition) is 3. The molecule has 8 nitrogen and oxygen atoms in total. The van der Waals surface area contributed by atoms with Crippen molar-refractivity contribution in [3.8, 4) is 0 Å². The highest BCUT2D eigenvalue weighted by Crippen LogP contribution is 2.20. The Kier molecular flexibility index (Phi) is 6.28. The Labute approximate surface area is 163 Å². The van der Waals surface area contributed by atoms with Crippen molar-refractivity contribution in [2.24, 2.45) is 5.92 Å². The van der Waals surface area contributed by atoms with Gasteiger partial charge in [0.05, 0.1) is 10.9 Å². The number of nitrogens with zero attached hydrogens (tertiary/aromatic N) is 2. The van der Waals surface area contributed by atoms with Gasteiger partial charge in [-0.1, -0.05) is 20.8 Å². The first-order valence-corrected chi connectivity index (χ1v) is 10.1. The maximum absolute atomic E-state index is 13.0. The van der Waals surface area contributed by atoms with E-state index in [1.165, 1.54) is 4.57 Å². The molecule has 3 heterocycles. The molecule has 0 aliphatic carbocycles. The summed E-state index contributed by atoms with van der Waals surface area (Å²) in [6.45, 7) is 8.76. The highest BCUT2D eigenvalue weighted by Gasteiger charge is 2.21. The third kappa shape index (κ3) is 4.16. The predicted molar refractivity (Wildman–Crippen MR) is 109 cm³/mol. The van der Waals surface area contributed by atoms with Crippen molar-refractivity contribution >= 4 is 16.9 Å². The van der Waals surface area contributed by atoms with E-state index in [9.17, 15) is 14.4 Å². The first kappa shape index (κ1) is 20.3. The van der Waals surface area contributed by atoms with Gasteiger partial charge in [0.25, 0.3) is 11.5 Å². The number of rotatable bonds is 6. The Morgan fingerprint density at radius 3 is 2.82 bits per heavy atom. The summed E-state index contributed by atoms with van der Waals surface area (Å²) in [5, 5.41) is 6.49. The van der Waals surface area contributed by atoms with Crippen LogP contribution in [0.5, 0.6) is 0 Å². The van der Waals surface area contributed by atoms with E-state index in [1.807, 2.05) is 20.8 Å². The van der Waals surface area contributed by atoms with Crippen LogP contribution in [-0.4, -0.2) is 40.1 Å². The number of amides is 1. The van der Waals surface area contributed by atoms with Crippen molar-refractivity contribution in [2.75, 3.05) is 19.6 Å². The molecule has 1 aliphatic rings. The van der Waals surface area contributed by atoms with E-state index in [0.717, 1.165) is 25.9 Å². The molecule has 1 aliphatic heterocycles. The van der Waals surface area contributed by atoms with Crippen molar-refractivity contribution in [3.05, 3.63) is 38.2 Å². The molecular weight excluding hydrogens is 358 g/mol. The summed E-state index contributed by atoms with van der Waals surface area (Å²) < 4.78 is 1.45. The van der Waals surface area contributed by atoms with E-state index in [1.54, 1.807) is 6.07 Å². The zero-order chi connectivity index (χ0) is 20.3. The van der Waals surface area contributed by atoms with Crippen molar-refractivity contribution in [3.63, 3.8) is 0 Å². The molecular formula is C20H29N5O3. The molecule has 1 atom stereocenters. The molecule has 2 aromatic heterocycles. The van der Waals surface area contributed by atoms with Crippen LogP contribution < -0.4 is 21.9 Å². The molecule has 1 fully saturated rings. The van der Waals surface area contributed by atoms with E-state index >= 15 is 0 Å². The molecule has 1 amide bonds. The summed E-state index contributed by atoms with van der Waals surface area (Å²) in [5.74, 6) is 0.141. The molecule has 8 heteroatoms. The average molecular weight is 387 g/mol. The summed E-state index contributed by atoms with van der Waals surface area (Å²) in [6, 6.07) is 1.68. The van der Waals surface area contributed by atoms with Gasteiger partial charge in [0.1, 0.15) is 0 Å². The summed E-state index contributed by atoms with van der Waals surface area (Å²) in [4.78, 5) is 44.7. The lowest BCUT2D eigenvalue weighted by molar-refractivity contribution is 0.0946. The van der Waals surface area contributed by atoms with Crippen LogP contribution in [0.15, 0.2) is 15.7 Å². The third-order valence-corrected chi connectivity index (χ3v) is 5.20. The van der Waals surface area contributed by atoms with Crippen molar-refractivity contribution < 1.29 is 4.79 Å². The molecule has 28 heavy (non-hydrogen) atoms. The van der Waals surface area contributed by atoms with Gasteiger partial charge in [0, 0.05) is 18.8 Å². The van der Waals surface area contributed by atoms with Crippen LogP contribution in [0.2, 0.25) is 0 Å². The third-order valence-electron chi connectivity index (χ3n) is 5.20. The molecule has 1 saturated heterocycles. The highest BCUT2D eigenvalue weighted by molar-refractivity contribution is 6.05. The monoisotopic (exact) mass is 387 g/mol. The van der Waals surface area contributed by atoms with Gasteiger partial charge in [0.15, 0.2) is 5.65 Å². The van der Waals surface area contributed by atoms with Crippen molar-refractivity contribution in [1.82, 2.24) is 25.2 Å². The van der Waals surface area contributed by atoms with Gasteiger partial charge >= 0.3 is 5.69 Å². The first-order valence-electron chi connectivity index (χ1n) is 10.1. The molecule has 0 aromatic carbocycles. The lowest BCUT2D eigenvalue weighted by Gasteiger charge is -2.23. The Bertz CT molecular complexity index is 970. The maximum Gasteiger partial charge on any atom is 0.329 e. The molecule has 0 saturated carbocycles. The number of fused-ring (bicyclic) bond motifs is 1. The Balaban J connectivity index is 2.06. The smallest absolute Gasteiger partial charge is 0.329 e. The zero-order valence-electron chi connectivity index (χ0n) is 16.8. The van der Waals surface area contributed by atoms with Crippen LogP contribution in [0.25, 0.3) is 11.0 Å². The quantitative estimate of drug-likeness (QED) is 0.693. The second-order valence-corrected chi connectivity index (χ2v) is 7.78. The summed E-state index contributed by atoms with van der Waals surface area (Å²) >= 11 is 0. The number of aryl methyl sites for hydroxylation is 1. The second-order valence-electron chi connectivity index (χ2n) is 7.78. The lowest BCUT2D eigenvalue weighted by atomic mass is 9.99. The molecule has 3 N–H and O–H groups in total. The molecule has 3 rings (SSSR count). The van der Waals surface area contributed by atoms with Crippen molar-refractivity contribution in [2.45, 2.75) is 52.5 Å². The van der Waals surface area contributed by atoms with Gasteiger partial charge in [-0.25, -0.2) is 9.78 Å². The molecule has 1 unspecified atom stereocenters. The number of aromatic amines is 1. The van der Waals surface area contributed by atoms with E-state index in [0.29, 0.717) is 31.1 Å². The fourth-order valence-electron chi connectivity index (χ4n) is 3.63. The number of hydrogen-bond acceptors (Lipinski definition) is 5. The van der Waals surface area contributed by atoms with Gasteiger partial charge in [-0.05, 0) is 50.3 Å². The van der Waals surface area contributed by atoms with Gasteiger partial charge < -0.3 is 10.6 Å². The Morgan fingerprint density at radius 2 is 2.18 bits per heavy atom. The largest absolute Gasteiger partial charge is 0.352 e. The average Bonchev–Trinajstić information content (AvgIpc) is 2.69. The summed E-state index contributed by atoms with van der Waals surface area (Å²) in [5.41, 5.74) is 0.189. The number of piperidine rings is 1. The normalized spacial score (nSPS) is 17.2. The van der Waals surface area contributed by atoms with Crippen LogP contribution in [-0.2, 0) is 6.54 Å². The Hall–Kier alpha value is -2.48. The predicted octanol–water partition coefficient (Wildman–Crippen LogP) is 1.35. The van der Waals surface area contributed by atoms with Crippen LogP contribution in [0, 0.1) is 5.92 Å². The molecule has 0 radical (unpaired) electrons. The van der Waals surface area contributed by atoms with Crippen LogP contribution in [0.3, 0.4) is 0 Å². The second kappa shape index (κ2) is 8.68. The summed E-state index contributed by atoms with van der Waals surface area (Å²) in [7, 11) is 0. The zero-order valence-corrected chi connectivity index (χ0v) is 16.8. The minimum absolute atomic E-state index is 0.0583. The van der Waals surface area contributed by atoms with Gasteiger partial charge in [-0.2, -0.15) is 0 Å². The fraction of sp³-hybridized carbons (Fsp3) is 0.600. The SMILES string of the molecule is CCCn1c(=O)[nH]c(=O)c2c(C(=O)NCC3CCCNC3)cc(C(C)C)nc21. The standard InChI is InChI=1S/C20H29N5O3/c1-4-8-25-17-16(19(27)24-20(25)28)14(9-15(23-17)12(2)3)18(26)22-11-13-6-5-7-21-10-13/h9,12-13,21H,4-8,10-11H2,1-3H3,(H,22,26)(H,24,27,28). The van der Waals surface area contributed by atoms with E-state index in [-0.39, 0.29) is 28.4 Å². The molecule has 0 spiro atoms. The van der Waals surface area contributed by atoms with Gasteiger partial charge in [-0.15, -0.1) is 0 Å². The van der Waals surface area contributed by atoms with Crippen LogP contribution in [0.1, 0.15) is 62.0 Å². The van der Waals surface area contributed by atoms with Crippen molar-refractivity contribution in [1.29, 1.82) is 0 Å². The number of pyridine rings is 1. The molecule has 2 aromatic rings. The molecule has 0 bridgehead atoms. The van der Waals surface area contributed by atoms with E-state index < -0.39 is 11.2 Å². The lowest BCUT2D eigenvalue weighted by Crippen LogP contribution is -2.39. The van der Waals surface area contributed by atoms with E-state index in [4.69, 9.17) is 0 Å². The number of aromatic nitrogens is 3. The fourth-order valence-corrected chi connectivity index (χ4v) is 3.63. The number of carbonyl (C=O) groups is 1. The number of carbonyl (C=O) groups excluding carboxylic acids is 1. The minimum atomic E-state index is -0.570. The number of H-pyrrole nitrogens is 1. The minimum Gasteiger partial charge on any atom is -0.352 e.